The molecular formula is C14H16N2O. The van der Waals surface area contributed by atoms with E-state index in [9.17, 15) is 4.79 Å². The molecule has 0 bridgehead atoms. The van der Waals surface area contributed by atoms with Crippen molar-refractivity contribution < 1.29 is 4.79 Å². The van der Waals surface area contributed by atoms with Crippen LogP contribution in [-0.4, -0.2) is 22.4 Å². The van der Waals surface area contributed by atoms with E-state index in [2.05, 4.69) is 37.1 Å². The Bertz CT molecular complexity index is 625. The first-order chi connectivity index (χ1) is 8.08. The first-order valence-corrected chi connectivity index (χ1v) is 5.90. The molecule has 17 heavy (non-hydrogen) atoms. The Balaban J connectivity index is 2.39. The Labute approximate surface area is 101 Å². The van der Waals surface area contributed by atoms with Crippen molar-refractivity contribution in [3.8, 4) is 0 Å². The number of carbonyl (C=O) groups excluding carboxylic acids is 1. The number of hydrogen-bond donors (Lipinski definition) is 0. The lowest BCUT2D eigenvalue weighted by atomic mass is 10.1. The summed E-state index contributed by atoms with van der Waals surface area (Å²) >= 11 is 0. The molecule has 1 aromatic heterocycles. The Morgan fingerprint density at radius 2 is 2.06 bits per heavy atom. The van der Waals surface area contributed by atoms with Gasteiger partial charge in [-0.2, -0.15) is 0 Å². The summed E-state index contributed by atoms with van der Waals surface area (Å²) in [5.41, 5.74) is 4.79. The number of rotatable bonds is 0. The van der Waals surface area contributed by atoms with E-state index in [0.29, 0.717) is 0 Å². The van der Waals surface area contributed by atoms with Crippen molar-refractivity contribution in [1.82, 2.24) is 9.47 Å². The summed E-state index contributed by atoms with van der Waals surface area (Å²) < 4.78 is 1.87. The highest BCUT2D eigenvalue weighted by atomic mass is 16.1. The van der Waals surface area contributed by atoms with Crippen LogP contribution in [-0.2, 0) is 13.1 Å². The molecule has 1 aromatic carbocycles. The van der Waals surface area contributed by atoms with Gasteiger partial charge in [0.25, 0.3) is 0 Å². The molecular weight excluding hydrogens is 212 g/mol. The number of carbonyl (C=O) groups is 1. The molecule has 2 aromatic rings. The summed E-state index contributed by atoms with van der Waals surface area (Å²) in [4.78, 5) is 14.1. The van der Waals surface area contributed by atoms with Crippen molar-refractivity contribution in [2.45, 2.75) is 26.9 Å². The molecule has 0 amide bonds. The molecule has 2 heterocycles. The lowest BCUT2D eigenvalue weighted by Crippen LogP contribution is -2.14. The van der Waals surface area contributed by atoms with Gasteiger partial charge in [0.15, 0.2) is 0 Å². The highest BCUT2D eigenvalue weighted by molar-refractivity contribution is 5.95. The topological polar surface area (TPSA) is 25.2 Å². The number of aryl methyl sites for hydroxylation is 1. The third-order valence-electron chi connectivity index (χ3n) is 3.50. The average Bonchev–Trinajstić information content (AvgIpc) is 2.73. The molecule has 0 fully saturated rings. The molecule has 1 aliphatic rings. The van der Waals surface area contributed by atoms with Crippen LogP contribution in [0.15, 0.2) is 18.2 Å². The predicted octanol–water partition coefficient (Wildman–Crippen LogP) is 2.56. The molecule has 88 valence electrons. The quantitative estimate of drug-likeness (QED) is 0.692. The molecule has 0 saturated carbocycles. The van der Waals surface area contributed by atoms with Crippen LogP contribution in [0.25, 0.3) is 10.9 Å². The number of nitrogens with zero attached hydrogens (tertiary/aromatic N) is 2. The van der Waals surface area contributed by atoms with Crippen LogP contribution in [0.2, 0.25) is 0 Å². The Morgan fingerprint density at radius 1 is 1.29 bits per heavy atom. The van der Waals surface area contributed by atoms with Crippen molar-refractivity contribution in [2.24, 2.45) is 0 Å². The SMILES string of the molecule is CC(=O)n1c2c(c3cc(C)ccc31)CN(C)C2. The number of aromatic nitrogens is 1. The van der Waals surface area contributed by atoms with E-state index < -0.39 is 0 Å². The van der Waals surface area contributed by atoms with Crippen molar-refractivity contribution in [1.29, 1.82) is 0 Å². The summed E-state index contributed by atoms with van der Waals surface area (Å²) in [6.07, 6.45) is 0. The van der Waals surface area contributed by atoms with E-state index >= 15 is 0 Å². The summed E-state index contributed by atoms with van der Waals surface area (Å²) in [7, 11) is 2.09. The number of hydrogen-bond acceptors (Lipinski definition) is 2. The number of benzene rings is 1. The lowest BCUT2D eigenvalue weighted by Gasteiger charge is -2.09. The minimum atomic E-state index is 0.107. The molecule has 0 atom stereocenters. The first kappa shape index (κ1) is 10.5. The van der Waals surface area contributed by atoms with Gasteiger partial charge in [0.05, 0.1) is 5.52 Å². The maximum Gasteiger partial charge on any atom is 0.228 e. The predicted molar refractivity (Wildman–Crippen MR) is 68.1 cm³/mol. The summed E-state index contributed by atoms with van der Waals surface area (Å²) in [5, 5.41) is 1.24. The zero-order valence-electron chi connectivity index (χ0n) is 10.4. The zero-order valence-corrected chi connectivity index (χ0v) is 10.4. The fourth-order valence-electron chi connectivity index (χ4n) is 2.81. The van der Waals surface area contributed by atoms with Gasteiger partial charge >= 0.3 is 0 Å². The van der Waals surface area contributed by atoms with Gasteiger partial charge in [-0.1, -0.05) is 11.6 Å². The van der Waals surface area contributed by atoms with Gasteiger partial charge in [-0.15, -0.1) is 0 Å². The summed E-state index contributed by atoms with van der Waals surface area (Å²) in [6.45, 7) is 5.53. The summed E-state index contributed by atoms with van der Waals surface area (Å²) in [5.74, 6) is 0.107. The van der Waals surface area contributed by atoms with Crippen molar-refractivity contribution in [3.63, 3.8) is 0 Å². The Kier molecular flexibility index (Phi) is 2.13. The summed E-state index contributed by atoms with van der Waals surface area (Å²) in [6, 6.07) is 6.32. The molecule has 3 nitrogen and oxygen atoms in total. The van der Waals surface area contributed by atoms with Crippen LogP contribution in [0, 0.1) is 6.92 Å². The lowest BCUT2D eigenvalue weighted by molar-refractivity contribution is 0.0937. The molecule has 1 aliphatic heterocycles. The van der Waals surface area contributed by atoms with E-state index in [1.165, 1.54) is 22.2 Å². The van der Waals surface area contributed by atoms with E-state index in [1.54, 1.807) is 6.92 Å². The minimum Gasteiger partial charge on any atom is -0.296 e. The second kappa shape index (κ2) is 3.44. The third-order valence-corrected chi connectivity index (χ3v) is 3.50. The van der Waals surface area contributed by atoms with Gasteiger partial charge in [0, 0.05) is 31.1 Å². The fraction of sp³-hybridized carbons (Fsp3) is 0.357. The van der Waals surface area contributed by atoms with Gasteiger partial charge in [-0.3, -0.25) is 14.3 Å². The van der Waals surface area contributed by atoms with E-state index in [4.69, 9.17) is 0 Å². The van der Waals surface area contributed by atoms with Crippen LogP contribution in [0.1, 0.15) is 28.5 Å². The van der Waals surface area contributed by atoms with E-state index in [0.717, 1.165) is 18.6 Å². The monoisotopic (exact) mass is 228 g/mol. The van der Waals surface area contributed by atoms with Crippen LogP contribution >= 0.6 is 0 Å². The fourth-order valence-corrected chi connectivity index (χ4v) is 2.81. The molecule has 0 radical (unpaired) electrons. The highest BCUT2D eigenvalue weighted by Crippen LogP contribution is 2.33. The Hall–Kier alpha value is -1.61. The standard InChI is InChI=1S/C14H16N2O/c1-9-4-5-13-11(6-9)12-7-15(3)8-14(12)16(13)10(2)17/h4-6H,7-8H2,1-3H3. The molecule has 0 spiro atoms. The minimum absolute atomic E-state index is 0.107. The van der Waals surface area contributed by atoms with Gasteiger partial charge < -0.3 is 0 Å². The smallest absolute Gasteiger partial charge is 0.228 e. The Morgan fingerprint density at radius 3 is 2.76 bits per heavy atom. The van der Waals surface area contributed by atoms with Crippen LogP contribution in [0.5, 0.6) is 0 Å². The first-order valence-electron chi connectivity index (χ1n) is 5.90. The molecule has 0 saturated heterocycles. The average molecular weight is 228 g/mol. The van der Waals surface area contributed by atoms with Crippen LogP contribution in [0.3, 0.4) is 0 Å². The van der Waals surface area contributed by atoms with Gasteiger partial charge in [-0.05, 0) is 31.7 Å². The van der Waals surface area contributed by atoms with E-state index in [1.807, 2.05) is 4.57 Å². The zero-order chi connectivity index (χ0) is 12.2. The van der Waals surface area contributed by atoms with Crippen molar-refractivity contribution >= 4 is 16.8 Å². The van der Waals surface area contributed by atoms with Crippen molar-refractivity contribution in [2.75, 3.05) is 7.05 Å². The van der Waals surface area contributed by atoms with Gasteiger partial charge in [-0.25, -0.2) is 0 Å². The molecule has 3 heteroatoms. The highest BCUT2D eigenvalue weighted by Gasteiger charge is 2.25. The molecule has 3 rings (SSSR count). The van der Waals surface area contributed by atoms with E-state index in [-0.39, 0.29) is 5.91 Å². The third kappa shape index (κ3) is 1.42. The second-order valence-electron chi connectivity index (χ2n) is 4.97. The maximum atomic E-state index is 11.8. The van der Waals surface area contributed by atoms with Gasteiger partial charge in [0.1, 0.15) is 0 Å². The molecule has 0 aliphatic carbocycles. The van der Waals surface area contributed by atoms with Crippen LogP contribution < -0.4 is 0 Å². The molecule has 0 unspecified atom stereocenters. The van der Waals surface area contributed by atoms with Gasteiger partial charge in [0.2, 0.25) is 5.91 Å². The van der Waals surface area contributed by atoms with Crippen molar-refractivity contribution in [3.05, 3.63) is 35.0 Å². The normalized spacial score (nSPS) is 15.5. The molecule has 0 N–H and O–H groups in total. The largest absolute Gasteiger partial charge is 0.296 e. The van der Waals surface area contributed by atoms with Crippen LogP contribution in [0.4, 0.5) is 0 Å². The second-order valence-corrected chi connectivity index (χ2v) is 4.97. The number of fused-ring (bicyclic) bond motifs is 3. The maximum absolute atomic E-state index is 11.8.